The Morgan fingerprint density at radius 2 is 1.85 bits per heavy atom. The monoisotopic (exact) mass is 574 g/mol. The summed E-state index contributed by atoms with van der Waals surface area (Å²) in [6.07, 6.45) is 10.5. The van der Waals surface area contributed by atoms with E-state index in [0.29, 0.717) is 36.8 Å². The molecule has 10 heteroatoms. The molecule has 8 nitrogen and oxygen atoms in total. The van der Waals surface area contributed by atoms with Gasteiger partial charge in [-0.3, -0.25) is 19.5 Å². The quantitative estimate of drug-likeness (QED) is 0.191. The molecular weight excluding hydrogens is 535 g/mol. The highest BCUT2D eigenvalue weighted by atomic mass is 35.5. The van der Waals surface area contributed by atoms with Crippen LogP contribution >= 0.6 is 11.6 Å². The molecule has 2 N–H and O–H groups in total. The van der Waals surface area contributed by atoms with Crippen LogP contribution in [-0.2, 0) is 4.79 Å². The molecule has 0 bridgehead atoms. The van der Waals surface area contributed by atoms with E-state index in [9.17, 15) is 23.9 Å². The van der Waals surface area contributed by atoms with E-state index in [1.807, 2.05) is 19.9 Å². The number of allylic oxidation sites excluding steroid dienone is 6. The van der Waals surface area contributed by atoms with Crippen LogP contribution in [0.1, 0.15) is 60.9 Å². The van der Waals surface area contributed by atoms with Crippen molar-refractivity contribution >= 4 is 40.1 Å². The van der Waals surface area contributed by atoms with E-state index in [0.717, 1.165) is 12.0 Å². The molecule has 0 spiro atoms. The lowest BCUT2D eigenvalue weighted by Gasteiger charge is -2.35. The second-order valence-corrected chi connectivity index (χ2v) is 9.97. The number of Topliss-reactive ketones (excluding diaryl/α,β-unsaturated/α-hetero) is 1. The second-order valence-electron chi connectivity index (χ2n) is 9.56. The Bertz CT molecular complexity index is 1250. The van der Waals surface area contributed by atoms with Crippen molar-refractivity contribution in [1.29, 1.82) is 0 Å². The van der Waals surface area contributed by atoms with Gasteiger partial charge in [-0.1, -0.05) is 55.5 Å². The standard InChI is InChI=1S/C18H21ClN4O4.C9H13F.C3H6/c1-18(27)4-6-23(7-5-18)16(25)10-8-11-13(9-12(10)19)20-21-14(11)15(24)17(26)22(2)3;1-3-6-9(4-2)7-5-8-10;1-3-2/h8-9,27H,4-7H2,1-3H3,(H,20,21);3,5-7H,1,4,8H2,2H3;3H,1H2,2H3/b;7-5-,9-6-;. The van der Waals surface area contributed by atoms with Gasteiger partial charge in [0.15, 0.2) is 0 Å². The molecule has 3 rings (SSSR count). The number of nitrogens with zero attached hydrogens (tertiary/aromatic N) is 3. The van der Waals surface area contributed by atoms with Crippen molar-refractivity contribution in [3.8, 4) is 0 Å². The molecule has 1 aliphatic heterocycles. The third kappa shape index (κ3) is 9.88. The van der Waals surface area contributed by atoms with E-state index in [2.05, 4.69) is 23.4 Å². The number of aromatic nitrogens is 2. The molecule has 40 heavy (non-hydrogen) atoms. The number of alkyl halides is 1. The molecule has 2 amide bonds. The van der Waals surface area contributed by atoms with E-state index in [4.69, 9.17) is 11.6 Å². The number of aliphatic hydroxyl groups is 1. The number of hydrogen-bond acceptors (Lipinski definition) is 5. The summed E-state index contributed by atoms with van der Waals surface area (Å²) in [6.45, 7) is 13.0. The number of benzene rings is 1. The smallest absolute Gasteiger partial charge is 0.296 e. The predicted molar refractivity (Wildman–Crippen MR) is 159 cm³/mol. The van der Waals surface area contributed by atoms with E-state index >= 15 is 0 Å². The number of carbonyl (C=O) groups excluding carboxylic acids is 3. The summed E-state index contributed by atoms with van der Waals surface area (Å²) in [4.78, 5) is 40.0. The first kappa shape index (κ1) is 34.5. The maximum atomic E-state index is 12.9. The Morgan fingerprint density at radius 1 is 1.25 bits per heavy atom. The summed E-state index contributed by atoms with van der Waals surface area (Å²) in [6, 6.07) is 3.01. The molecule has 1 saturated heterocycles. The number of hydrogen-bond donors (Lipinski definition) is 2. The number of H-pyrrole nitrogens is 1. The number of fused-ring (bicyclic) bond motifs is 1. The van der Waals surface area contributed by atoms with E-state index < -0.39 is 24.0 Å². The number of likely N-dealkylation sites (tertiary alicyclic amines) is 1. The van der Waals surface area contributed by atoms with Gasteiger partial charge in [0, 0.05) is 32.6 Å². The average Bonchev–Trinajstić information content (AvgIpc) is 3.32. The minimum absolute atomic E-state index is 0.0454. The number of ketones is 1. The van der Waals surface area contributed by atoms with Crippen molar-refractivity contribution < 1.29 is 23.9 Å². The summed E-state index contributed by atoms with van der Waals surface area (Å²) >= 11 is 6.27. The number of likely N-dealkylation sites (N-methyl/N-ethyl adjacent to an activating group) is 1. The van der Waals surface area contributed by atoms with E-state index in [1.165, 1.54) is 37.2 Å². The SMILES string of the molecule is C=C/C=C(\C=C/CF)CC.C=CC.CN(C)C(=O)C(=O)c1n[nH]c2cc(Cl)c(C(=O)N3CCC(C)(O)CC3)cc12. The average molecular weight is 575 g/mol. The number of piperidine rings is 1. The highest BCUT2D eigenvalue weighted by Gasteiger charge is 2.31. The molecule has 1 fully saturated rings. The minimum atomic E-state index is -0.777. The first-order valence-corrected chi connectivity index (χ1v) is 13.3. The normalized spacial score (nSPS) is 14.5. The van der Waals surface area contributed by atoms with Crippen molar-refractivity contribution in [2.24, 2.45) is 0 Å². The summed E-state index contributed by atoms with van der Waals surface area (Å²) in [5, 5.41) is 17.3. The predicted octanol–water partition coefficient (Wildman–Crippen LogP) is 5.70. The summed E-state index contributed by atoms with van der Waals surface area (Å²) < 4.78 is 11.6. The van der Waals surface area contributed by atoms with Gasteiger partial charge in [0.1, 0.15) is 12.4 Å². The highest BCUT2D eigenvalue weighted by molar-refractivity contribution is 6.44. The topological polar surface area (TPSA) is 107 Å². The molecule has 0 unspecified atom stereocenters. The Balaban J connectivity index is 0.000000517. The second kappa shape index (κ2) is 16.5. The van der Waals surface area contributed by atoms with Crippen LogP contribution < -0.4 is 0 Å². The van der Waals surface area contributed by atoms with Crippen LogP contribution in [0.4, 0.5) is 4.39 Å². The van der Waals surface area contributed by atoms with Gasteiger partial charge in [-0.2, -0.15) is 5.10 Å². The minimum Gasteiger partial charge on any atom is -0.390 e. The van der Waals surface area contributed by atoms with Gasteiger partial charge in [-0.25, -0.2) is 4.39 Å². The lowest BCUT2D eigenvalue weighted by Crippen LogP contribution is -2.45. The van der Waals surface area contributed by atoms with Crippen LogP contribution in [0.3, 0.4) is 0 Å². The third-order valence-electron chi connectivity index (χ3n) is 5.99. The molecule has 218 valence electrons. The largest absolute Gasteiger partial charge is 0.390 e. The molecule has 0 atom stereocenters. The number of carbonyl (C=O) groups is 3. The Hall–Kier alpha value is -3.56. The maximum absolute atomic E-state index is 12.9. The van der Waals surface area contributed by atoms with Crippen molar-refractivity contribution in [3.63, 3.8) is 0 Å². The van der Waals surface area contributed by atoms with Crippen LogP contribution in [0.15, 0.2) is 61.2 Å². The van der Waals surface area contributed by atoms with Gasteiger partial charge in [-0.05, 0) is 50.8 Å². The number of rotatable bonds is 7. The molecule has 1 aromatic carbocycles. The molecule has 0 aliphatic carbocycles. The molecule has 0 radical (unpaired) electrons. The number of amides is 2. The van der Waals surface area contributed by atoms with Crippen LogP contribution in [0.5, 0.6) is 0 Å². The van der Waals surface area contributed by atoms with Gasteiger partial charge in [0.25, 0.3) is 17.6 Å². The van der Waals surface area contributed by atoms with Crippen LogP contribution in [0.25, 0.3) is 10.9 Å². The Morgan fingerprint density at radius 3 is 2.35 bits per heavy atom. The van der Waals surface area contributed by atoms with Crippen LogP contribution in [0.2, 0.25) is 5.02 Å². The fraction of sp³-hybridized carbons (Fsp3) is 0.400. The Kier molecular flexibility index (Phi) is 14.2. The molecule has 1 aliphatic rings. The van der Waals surface area contributed by atoms with Gasteiger partial charge in [-0.15, -0.1) is 6.58 Å². The lowest BCUT2D eigenvalue weighted by molar-refractivity contribution is -0.124. The Labute approximate surface area is 240 Å². The van der Waals surface area contributed by atoms with Gasteiger partial charge >= 0.3 is 0 Å². The molecule has 1 aromatic heterocycles. The van der Waals surface area contributed by atoms with Crippen molar-refractivity contribution in [1.82, 2.24) is 20.0 Å². The first-order valence-electron chi connectivity index (χ1n) is 12.9. The fourth-order valence-corrected chi connectivity index (χ4v) is 3.92. The summed E-state index contributed by atoms with van der Waals surface area (Å²) in [7, 11) is 2.96. The zero-order valence-electron chi connectivity index (χ0n) is 24.0. The molecule has 2 aromatic rings. The summed E-state index contributed by atoms with van der Waals surface area (Å²) in [5.74, 6) is -1.75. The first-order chi connectivity index (χ1) is 18.9. The molecular formula is C30H40ClFN4O4. The molecule has 0 saturated carbocycles. The number of aromatic amines is 1. The van der Waals surface area contributed by atoms with Gasteiger partial charge < -0.3 is 14.9 Å². The van der Waals surface area contributed by atoms with Crippen LogP contribution in [-0.4, -0.2) is 82.2 Å². The van der Waals surface area contributed by atoms with E-state index in [1.54, 1.807) is 30.1 Å². The van der Waals surface area contributed by atoms with Crippen molar-refractivity contribution in [2.75, 3.05) is 33.9 Å². The fourth-order valence-electron chi connectivity index (χ4n) is 3.68. The number of nitrogens with one attached hydrogen (secondary N) is 1. The molecule has 2 heterocycles. The maximum Gasteiger partial charge on any atom is 0.296 e. The van der Waals surface area contributed by atoms with Crippen molar-refractivity contribution in [2.45, 2.75) is 45.6 Å². The number of halogens is 2. The third-order valence-corrected chi connectivity index (χ3v) is 6.30. The highest BCUT2D eigenvalue weighted by Crippen LogP contribution is 2.29. The zero-order valence-corrected chi connectivity index (χ0v) is 24.7. The lowest BCUT2D eigenvalue weighted by atomic mass is 9.93. The van der Waals surface area contributed by atoms with Gasteiger partial charge in [0.05, 0.1) is 21.7 Å². The zero-order chi connectivity index (χ0) is 30.5. The van der Waals surface area contributed by atoms with Gasteiger partial charge in [0.2, 0.25) is 0 Å². The van der Waals surface area contributed by atoms with Crippen molar-refractivity contribution in [3.05, 3.63) is 77.5 Å². The summed E-state index contributed by atoms with van der Waals surface area (Å²) in [5.41, 5.74) is 0.983. The van der Waals surface area contributed by atoms with E-state index in [-0.39, 0.29) is 22.2 Å². The van der Waals surface area contributed by atoms with Crippen LogP contribution in [0, 0.1) is 0 Å².